The van der Waals surface area contributed by atoms with Gasteiger partial charge in [-0.05, 0) is 201 Å². The molecule has 6 unspecified atom stereocenters. The molecule has 0 bridgehead atoms. The summed E-state index contributed by atoms with van der Waals surface area (Å²) in [5, 5.41) is 7.59. The molecule has 3 saturated heterocycles. The van der Waals surface area contributed by atoms with E-state index in [0.717, 1.165) is 48.2 Å². The summed E-state index contributed by atoms with van der Waals surface area (Å²) in [6.45, 7) is 34.9. The quantitative estimate of drug-likeness (QED) is 0.0355. The first-order valence-electron chi connectivity index (χ1n) is 29.9. The van der Waals surface area contributed by atoms with Gasteiger partial charge in [0.25, 0.3) is 0 Å². The number of hydrogen-bond acceptors (Lipinski definition) is 8. The molecule has 94 heavy (non-hydrogen) atoms. The number of aryl methyl sites for hydroxylation is 8. The fourth-order valence-electron chi connectivity index (χ4n) is 10.7. The molecular weight excluding hydrogens is 1720 g/mol. The van der Waals surface area contributed by atoms with Crippen molar-refractivity contribution in [2.24, 2.45) is 0 Å². The number of benzene rings is 4. The molecular formula is C71H113AgBr3Cl5IN3O9S. The van der Waals surface area contributed by atoms with Crippen LogP contribution in [0.2, 0.25) is 0 Å². The van der Waals surface area contributed by atoms with Crippen LogP contribution in [0, 0.1) is 55.4 Å². The number of carboxylic acid groups (broad SMARTS) is 1. The van der Waals surface area contributed by atoms with Crippen molar-refractivity contribution in [3.63, 3.8) is 0 Å². The molecule has 0 spiro atoms. The Morgan fingerprint density at radius 3 is 0.883 bits per heavy atom. The summed E-state index contributed by atoms with van der Waals surface area (Å²) in [5.41, 5.74) is 14.7. The molecule has 7 rings (SSSR count). The van der Waals surface area contributed by atoms with Gasteiger partial charge in [0.2, 0.25) is 14.5 Å². The zero-order valence-corrected chi connectivity index (χ0v) is 69.0. The van der Waals surface area contributed by atoms with Crippen molar-refractivity contribution in [3.8, 4) is 0 Å². The average molecular weight is 1840 g/mol. The van der Waals surface area contributed by atoms with E-state index < -0.39 is 20.0 Å². The largest absolute Gasteiger partial charge is 1.00 e. The van der Waals surface area contributed by atoms with Gasteiger partial charge < -0.3 is 55.9 Å². The van der Waals surface area contributed by atoms with Crippen molar-refractivity contribution in [1.29, 1.82) is 0 Å². The van der Waals surface area contributed by atoms with Gasteiger partial charge in [-0.2, -0.15) is 0 Å². The summed E-state index contributed by atoms with van der Waals surface area (Å²) >= 11 is 16.4. The molecule has 12 nitrogen and oxygen atoms in total. The van der Waals surface area contributed by atoms with E-state index in [9.17, 15) is 28.8 Å². The molecule has 0 aliphatic carbocycles. The first kappa shape index (κ1) is 106. The number of aliphatic carboxylic acids is 1. The molecule has 3 heterocycles. The molecule has 0 saturated carbocycles. The van der Waals surface area contributed by atoms with Crippen LogP contribution in [-0.2, 0) is 83.7 Å². The molecule has 4 aromatic carbocycles. The second-order valence-electron chi connectivity index (χ2n) is 23.8. The van der Waals surface area contributed by atoms with Crippen LogP contribution < -0.4 is 36.4 Å². The first-order chi connectivity index (χ1) is 41.0. The Morgan fingerprint density at radius 2 is 0.691 bits per heavy atom. The van der Waals surface area contributed by atoms with Crippen LogP contribution in [0.25, 0.3) is 0 Å². The van der Waals surface area contributed by atoms with Crippen LogP contribution in [0.4, 0.5) is 0 Å². The van der Waals surface area contributed by atoms with E-state index in [1.807, 2.05) is 13.0 Å². The summed E-state index contributed by atoms with van der Waals surface area (Å²) in [4.78, 5) is 70.3. The van der Waals surface area contributed by atoms with Crippen LogP contribution in [0.5, 0.6) is 0 Å². The van der Waals surface area contributed by atoms with Crippen LogP contribution in [-0.4, -0.2) is 149 Å². The third-order valence-corrected chi connectivity index (χ3v) is 19.1. The number of likely N-dealkylation sites (N-methyl/N-ethyl adjacent to an activating group) is 2. The third-order valence-electron chi connectivity index (χ3n) is 17.2. The number of rotatable bonds is 17. The number of nitrogens with zero attached hydrogens (tertiary/aromatic N) is 3. The van der Waals surface area contributed by atoms with Gasteiger partial charge in [0.15, 0.2) is 23.1 Å². The Hall–Kier alpha value is -0.950. The van der Waals surface area contributed by atoms with Gasteiger partial charge in [-0.15, -0.1) is 0 Å². The molecule has 4 aromatic rings. The Labute approximate surface area is 649 Å². The molecule has 3 N–H and O–H groups in total. The second-order valence-corrected chi connectivity index (χ2v) is 30.8. The maximum absolute atomic E-state index is 12.6. The SMILES string of the molecule is C.C.C.CC(Br)C(=O)Cl.CC(Br)C(=O)O.Cc1cccc(C)c1CC(=O)C(C)Br.Cc1cccc(C)c1CC(=O)C(C)N1CCCC1.Cc1cccc(C)c1CC(=O)C(C)[N+]1(C)CCCC1.Cc1cccc(C)c1CC(=O)C(C)[N+]1(C)CCCC1.O.O=S(Cl)Cl.[Cl-].[Cl][Ag].[I-]. The topological polar surface area (TPSA) is 174 Å². The Bertz CT molecular complexity index is 2690. The molecule has 0 aromatic heterocycles. The van der Waals surface area contributed by atoms with Crippen molar-refractivity contribution in [2.45, 2.75) is 216 Å². The predicted molar refractivity (Wildman–Crippen MR) is 401 cm³/mol. The predicted octanol–water partition coefficient (Wildman–Crippen LogP) is 11.4. The molecule has 3 aliphatic rings. The first-order valence-corrected chi connectivity index (χ1v) is 37.8. The van der Waals surface area contributed by atoms with Crippen molar-refractivity contribution in [1.82, 2.24) is 4.90 Å². The van der Waals surface area contributed by atoms with Gasteiger partial charge in [-0.1, -0.05) is 143 Å². The van der Waals surface area contributed by atoms with Crippen molar-refractivity contribution in [3.05, 3.63) is 140 Å². The zero-order chi connectivity index (χ0) is 67.8. The maximum Gasteiger partial charge on any atom is -1.00 e. The number of carbonyl (C=O) groups is 6. The van der Waals surface area contributed by atoms with E-state index in [1.165, 1.54) is 105 Å². The van der Waals surface area contributed by atoms with Gasteiger partial charge in [0.05, 0.1) is 56.0 Å². The number of halogens is 9. The minimum atomic E-state index is -1.67. The van der Waals surface area contributed by atoms with Gasteiger partial charge in [0, 0.05) is 72.7 Å². The van der Waals surface area contributed by atoms with E-state index in [1.54, 1.807) is 13.8 Å². The van der Waals surface area contributed by atoms with Crippen LogP contribution >= 0.6 is 89.9 Å². The number of quaternary nitrogens is 2. The molecule has 23 heteroatoms. The Morgan fingerprint density at radius 1 is 0.489 bits per heavy atom. The van der Waals surface area contributed by atoms with E-state index in [4.69, 9.17) is 20.9 Å². The van der Waals surface area contributed by atoms with E-state index in [0.29, 0.717) is 43.0 Å². The van der Waals surface area contributed by atoms with Crippen LogP contribution in [0.15, 0.2) is 72.8 Å². The number of alkyl halides is 3. The summed E-state index contributed by atoms with van der Waals surface area (Å²) in [6.07, 6.45) is 9.81. The smallest absolute Gasteiger partial charge is 1.00 e. The van der Waals surface area contributed by atoms with E-state index >= 15 is 0 Å². The van der Waals surface area contributed by atoms with Crippen molar-refractivity contribution >= 4 is 134 Å². The summed E-state index contributed by atoms with van der Waals surface area (Å²) in [5.74, 6) is 0.551. The minimum absolute atomic E-state index is 0. The van der Waals surface area contributed by atoms with Crippen molar-refractivity contribution in [2.75, 3.05) is 53.4 Å². The molecule has 3 aliphatic heterocycles. The molecule has 0 amide bonds. The van der Waals surface area contributed by atoms with Crippen LogP contribution in [0.3, 0.4) is 0 Å². The van der Waals surface area contributed by atoms with E-state index in [-0.39, 0.29) is 103 Å². The summed E-state index contributed by atoms with van der Waals surface area (Å²) in [7, 11) is 16.3. The summed E-state index contributed by atoms with van der Waals surface area (Å²) < 4.78 is 11.0. The molecule has 6 atom stereocenters. The fraction of sp³-hybridized carbons (Fsp3) is 0.577. The molecule has 3 fully saturated rings. The number of likely N-dealkylation sites (tertiary alicyclic amines) is 3. The molecule has 546 valence electrons. The monoisotopic (exact) mass is 1830 g/mol. The molecule has 0 radical (unpaired) electrons. The van der Waals surface area contributed by atoms with Gasteiger partial charge >= 0.3 is 35.1 Å². The number of ketones is 4. The normalized spacial score (nSPS) is 15.3. The maximum atomic E-state index is 12.6. The van der Waals surface area contributed by atoms with Gasteiger partial charge in [-0.3, -0.25) is 33.7 Å². The van der Waals surface area contributed by atoms with Gasteiger partial charge in [0.1, 0.15) is 16.9 Å². The number of carbonyl (C=O) groups excluding carboxylic acids is 5. The summed E-state index contributed by atoms with van der Waals surface area (Å²) in [6, 6.07) is 25.2. The fourth-order valence-corrected chi connectivity index (χ4v) is 10.9. The second kappa shape index (κ2) is 55.7. The van der Waals surface area contributed by atoms with Crippen molar-refractivity contribution < 1.29 is 109 Å². The average Bonchev–Trinajstić information content (AvgIpc) is 1.51. The number of carboxylic acids is 1. The minimum Gasteiger partial charge on any atom is -1.00 e. The van der Waals surface area contributed by atoms with Crippen LogP contribution in [0.1, 0.15) is 169 Å². The number of hydrogen-bond donors (Lipinski definition) is 1. The number of Topliss-reactive ketones (excluding diaryl/α,β-unsaturated/α-hetero) is 4. The van der Waals surface area contributed by atoms with E-state index in [2.05, 4.69) is 260 Å². The van der Waals surface area contributed by atoms with Gasteiger partial charge in [-0.25, -0.2) is 4.21 Å². The standard InChI is InChI=1S/2C17H26NO.C16H23NO.C12H15BrO.C3H4BrClO.C3H5BrO2.3CH4.Ag.Cl2OS.2ClH.HI.H2O/c2*1-13-8-7-9-14(2)16(13)12-17(19)15(3)18(4)10-5-6-11-18;1-12-7-6-8-13(2)15(12)11-16(18)14(3)17-9-4-5-10-17;1-8-5-4-6-9(2)11(8)7-12(14)10(3)13;2*1-2(4)3(5)6;;;;;1-4(2)3;;;;/h2*7-9,15H,5-6,10-12H2,1-4H3;6-8,14H,4-5,9-11H2,1-3H3;4-6,10H,7H2,1-3H3;2H,1H3;2H,1H3,(H,5,6);3*1H4;;;3*1H;1H2/q2*+1;;;;;;;;+1;;;;;/p-3. The Balaban J connectivity index is -0.000000194. The third kappa shape index (κ3) is 39.9. The Kier molecular flexibility index (Phi) is 63.1. The zero-order valence-electron chi connectivity index (χ0n) is 56.0.